The summed E-state index contributed by atoms with van der Waals surface area (Å²) in [4.78, 5) is 55.0. The van der Waals surface area contributed by atoms with Crippen molar-refractivity contribution < 1.29 is 55.0 Å². The van der Waals surface area contributed by atoms with Crippen LogP contribution >= 0.6 is 0 Å². The van der Waals surface area contributed by atoms with E-state index in [0.29, 0.717) is 35.6 Å². The smallest absolute Gasteiger partial charge is 0.411 e. The highest BCUT2D eigenvalue weighted by atomic mass is 19.4. The van der Waals surface area contributed by atoms with Crippen LogP contribution in [0.3, 0.4) is 0 Å². The number of hydrogen-bond donors (Lipinski definition) is 0. The zero-order chi connectivity index (χ0) is 41.2. The molecule has 4 amide bonds. The van der Waals surface area contributed by atoms with E-state index in [9.17, 15) is 45.5 Å². The standard InChI is InChI=1S/C45H32F6N2O6/c46-44(47,48)43(45(49,50)51,27-5-13-31(14-6-27)58-33-17-9-29(10-18-33)52-39(54)35-23-1-2-24(21-23)36(35)40(52)55)28-7-15-32(16-8-28)59-34-19-11-30(12-20-34)53-41(56)37-25-3-4-26(22-25)38(37)42(53)57/h1-20,23-26,35-38H,21-22H2/t23-,24-,25-,26-,35-,36+,37-,38+/m0/s1. The molecule has 2 aliphatic heterocycles. The summed E-state index contributed by atoms with van der Waals surface area (Å²) in [5, 5.41) is 0. The number of allylic oxidation sites excluding steroid dienone is 4. The largest absolute Gasteiger partial charge is 0.457 e. The Morgan fingerprint density at radius 3 is 0.915 bits per heavy atom. The number of imide groups is 2. The van der Waals surface area contributed by atoms with Crippen molar-refractivity contribution in [3.8, 4) is 23.0 Å². The molecule has 0 N–H and O–H groups in total. The molecule has 4 aromatic carbocycles. The predicted molar refractivity (Wildman–Crippen MR) is 199 cm³/mol. The lowest BCUT2D eigenvalue weighted by Gasteiger charge is -2.38. The van der Waals surface area contributed by atoms with Crippen LogP contribution in [0.1, 0.15) is 24.0 Å². The van der Waals surface area contributed by atoms with E-state index in [-0.39, 0.29) is 94.0 Å². The number of rotatable bonds is 8. The van der Waals surface area contributed by atoms with Gasteiger partial charge in [-0.1, -0.05) is 48.6 Å². The molecule has 6 aliphatic rings. The highest BCUT2D eigenvalue weighted by molar-refractivity contribution is 6.23. The van der Waals surface area contributed by atoms with Gasteiger partial charge in [-0.3, -0.25) is 29.0 Å². The van der Waals surface area contributed by atoms with Gasteiger partial charge >= 0.3 is 12.4 Å². The number of amides is 4. The van der Waals surface area contributed by atoms with Gasteiger partial charge in [0.1, 0.15) is 23.0 Å². The molecule has 2 saturated carbocycles. The molecule has 8 atom stereocenters. The highest BCUT2D eigenvalue weighted by Gasteiger charge is 2.72. The lowest BCUT2D eigenvalue weighted by molar-refractivity contribution is -0.288. The summed E-state index contributed by atoms with van der Waals surface area (Å²) >= 11 is 0. The fraction of sp³-hybridized carbons (Fsp3) is 0.289. The maximum Gasteiger partial charge on any atom is 0.411 e. The number of fused-ring (bicyclic) bond motifs is 10. The number of hydrogen-bond acceptors (Lipinski definition) is 6. The Labute approximate surface area is 332 Å². The van der Waals surface area contributed by atoms with Crippen LogP contribution in [0.4, 0.5) is 37.7 Å². The van der Waals surface area contributed by atoms with E-state index < -0.39 is 28.9 Å². The Hall–Kier alpha value is -6.18. The number of halogens is 6. The summed E-state index contributed by atoms with van der Waals surface area (Å²) in [6.07, 6.45) is -2.16. The van der Waals surface area contributed by atoms with Gasteiger partial charge in [-0.05, 0) is 120 Å². The maximum absolute atomic E-state index is 14.9. The molecule has 2 heterocycles. The van der Waals surface area contributed by atoms with Gasteiger partial charge in [0.05, 0.1) is 35.0 Å². The van der Waals surface area contributed by atoms with Crippen LogP contribution in [-0.4, -0.2) is 36.0 Å². The van der Waals surface area contributed by atoms with E-state index in [4.69, 9.17) is 9.47 Å². The molecule has 8 nitrogen and oxygen atoms in total. The summed E-state index contributed by atoms with van der Waals surface area (Å²) in [6, 6.07) is 18.7. The first-order chi connectivity index (χ1) is 28.2. The Kier molecular flexibility index (Phi) is 8.12. The van der Waals surface area contributed by atoms with Crippen LogP contribution in [0.2, 0.25) is 0 Å². The minimum atomic E-state index is -5.83. The van der Waals surface area contributed by atoms with Crippen molar-refractivity contribution in [2.45, 2.75) is 30.6 Å². The van der Waals surface area contributed by atoms with Gasteiger partial charge in [0, 0.05) is 0 Å². The SMILES string of the molecule is O=C1[C@@H]2[C@H](C(=O)N1c1ccc(Oc3ccc(C(c4ccc(Oc5ccc(N6C(=O)[C@@H]7[C@H](C6=O)[C@H]6C=C[C@H]7C6)cc5)cc4)(C(F)(F)F)C(F)(F)F)cc3)cc1)[C@H]1C=C[C@H]2C1. The number of alkyl halides is 6. The van der Waals surface area contributed by atoms with Crippen molar-refractivity contribution in [3.05, 3.63) is 132 Å². The van der Waals surface area contributed by atoms with E-state index in [1.807, 2.05) is 24.3 Å². The Balaban J connectivity index is 0.850. The Bertz CT molecular complexity index is 2230. The van der Waals surface area contributed by atoms with Gasteiger partial charge in [-0.25, -0.2) is 0 Å². The van der Waals surface area contributed by atoms with Crippen molar-refractivity contribution in [2.75, 3.05) is 9.80 Å². The van der Waals surface area contributed by atoms with Crippen LogP contribution in [0, 0.1) is 47.3 Å². The van der Waals surface area contributed by atoms with Crippen LogP contribution < -0.4 is 19.3 Å². The fourth-order valence-corrected chi connectivity index (χ4v) is 10.4. The number of benzene rings is 4. The minimum Gasteiger partial charge on any atom is -0.457 e. The van der Waals surface area contributed by atoms with E-state index >= 15 is 0 Å². The Morgan fingerprint density at radius 1 is 0.407 bits per heavy atom. The van der Waals surface area contributed by atoms with Crippen molar-refractivity contribution in [2.24, 2.45) is 47.3 Å². The van der Waals surface area contributed by atoms with E-state index in [0.717, 1.165) is 46.9 Å². The number of carbonyl (C=O) groups excluding carboxylic acids is 4. The second-order valence-electron chi connectivity index (χ2n) is 16.0. The zero-order valence-electron chi connectivity index (χ0n) is 30.7. The van der Waals surface area contributed by atoms with Crippen molar-refractivity contribution in [1.82, 2.24) is 0 Å². The molecule has 300 valence electrons. The summed E-state index contributed by atoms with van der Waals surface area (Å²) < 4.78 is 101. The third-order valence-electron chi connectivity index (χ3n) is 13.0. The number of anilines is 2. The first kappa shape index (κ1) is 37.1. The van der Waals surface area contributed by atoms with Gasteiger partial charge < -0.3 is 9.47 Å². The minimum absolute atomic E-state index is 0.0339. The van der Waals surface area contributed by atoms with Crippen LogP contribution in [0.25, 0.3) is 0 Å². The summed E-state index contributed by atoms with van der Waals surface area (Å²) in [5.41, 5.74) is -5.94. The Morgan fingerprint density at radius 2 is 0.661 bits per heavy atom. The first-order valence-corrected chi connectivity index (χ1v) is 19.2. The second-order valence-corrected chi connectivity index (χ2v) is 16.0. The molecule has 0 spiro atoms. The van der Waals surface area contributed by atoms with Gasteiger partial charge in [0.15, 0.2) is 0 Å². The van der Waals surface area contributed by atoms with E-state index in [2.05, 4.69) is 0 Å². The molecule has 10 rings (SSSR count). The topological polar surface area (TPSA) is 93.2 Å². The molecule has 4 fully saturated rings. The fourth-order valence-electron chi connectivity index (χ4n) is 10.4. The third kappa shape index (κ3) is 5.44. The molecule has 4 bridgehead atoms. The van der Waals surface area contributed by atoms with Crippen molar-refractivity contribution in [3.63, 3.8) is 0 Å². The molecule has 14 heteroatoms. The molecule has 0 radical (unpaired) electrons. The molecule has 0 unspecified atom stereocenters. The molecule has 0 aromatic heterocycles. The van der Waals surface area contributed by atoms with Gasteiger partial charge in [0.2, 0.25) is 29.0 Å². The highest BCUT2D eigenvalue weighted by Crippen LogP contribution is 2.57. The molecular formula is C45H32F6N2O6. The number of nitrogens with zero attached hydrogens (tertiary/aromatic N) is 2. The van der Waals surface area contributed by atoms with Crippen LogP contribution in [0.15, 0.2) is 121 Å². The quantitative estimate of drug-likeness (QED) is 0.100. The lowest BCUT2D eigenvalue weighted by Crippen LogP contribution is -2.54. The molecule has 59 heavy (non-hydrogen) atoms. The monoisotopic (exact) mass is 810 g/mol. The lowest BCUT2D eigenvalue weighted by atomic mass is 9.73. The summed E-state index contributed by atoms with van der Waals surface area (Å²) in [7, 11) is 0. The van der Waals surface area contributed by atoms with Gasteiger partial charge in [0.25, 0.3) is 0 Å². The number of carbonyl (C=O) groups is 4. The normalized spacial score (nSPS) is 28.0. The van der Waals surface area contributed by atoms with E-state index in [1.54, 1.807) is 0 Å². The molecule has 4 aliphatic carbocycles. The molecule has 4 aromatic rings. The second kappa shape index (κ2) is 12.9. The van der Waals surface area contributed by atoms with Crippen LogP contribution in [0.5, 0.6) is 23.0 Å². The predicted octanol–water partition coefficient (Wildman–Crippen LogP) is 9.30. The van der Waals surface area contributed by atoms with Crippen molar-refractivity contribution in [1.29, 1.82) is 0 Å². The zero-order valence-corrected chi connectivity index (χ0v) is 30.7. The van der Waals surface area contributed by atoms with E-state index in [1.165, 1.54) is 48.5 Å². The maximum atomic E-state index is 14.9. The number of ether oxygens (including phenoxy) is 2. The van der Waals surface area contributed by atoms with Crippen molar-refractivity contribution >= 4 is 35.0 Å². The molecule has 2 saturated heterocycles. The summed E-state index contributed by atoms with van der Waals surface area (Å²) in [5.74, 6) is -2.25. The first-order valence-electron chi connectivity index (χ1n) is 19.2. The van der Waals surface area contributed by atoms with Gasteiger partial charge in [-0.2, -0.15) is 26.3 Å². The van der Waals surface area contributed by atoms with Gasteiger partial charge in [-0.15, -0.1) is 0 Å². The average molecular weight is 811 g/mol. The van der Waals surface area contributed by atoms with Crippen LogP contribution in [-0.2, 0) is 24.6 Å². The average Bonchev–Trinajstić information content (AvgIpc) is 4.06. The molecular weight excluding hydrogens is 778 g/mol. The summed E-state index contributed by atoms with van der Waals surface area (Å²) in [6.45, 7) is 0. The third-order valence-corrected chi connectivity index (χ3v) is 13.0.